The number of ether oxygens (including phenoxy) is 1. The molecule has 6 rings (SSSR count). The summed E-state index contributed by atoms with van der Waals surface area (Å²) in [6, 6.07) is 6.41. The van der Waals surface area contributed by atoms with E-state index in [4.69, 9.17) is 16.3 Å². The molecule has 0 radical (unpaired) electrons. The van der Waals surface area contributed by atoms with Crippen molar-refractivity contribution in [1.29, 1.82) is 0 Å². The van der Waals surface area contributed by atoms with E-state index in [0.29, 0.717) is 34.9 Å². The van der Waals surface area contributed by atoms with Gasteiger partial charge < -0.3 is 15.4 Å². The summed E-state index contributed by atoms with van der Waals surface area (Å²) < 4.78 is 5.41. The number of amides is 2. The monoisotopic (exact) mass is 459 g/mol. The zero-order valence-corrected chi connectivity index (χ0v) is 19.4. The molecule has 0 spiro atoms. The fourth-order valence-electron chi connectivity index (χ4n) is 7.11. The molecular weight excluding hydrogens is 426 g/mol. The Hall–Kier alpha value is -1.63. The Morgan fingerprint density at radius 3 is 2.22 bits per heavy atom. The maximum absolute atomic E-state index is 13.5. The fraction of sp³-hybridized carbons (Fsp3) is 0.680. The Balaban J connectivity index is 1.31. The zero-order valence-electron chi connectivity index (χ0n) is 18.7. The van der Waals surface area contributed by atoms with Crippen LogP contribution in [0.5, 0.6) is 0 Å². The number of carbonyl (C=O) groups is 2. The number of hydrogen-bond donors (Lipinski definition) is 2. The molecule has 174 valence electrons. The largest absolute Gasteiger partial charge is 0.379 e. The topological polar surface area (TPSA) is 70.7 Å². The Labute approximate surface area is 195 Å². The normalized spacial score (nSPS) is 32.5. The van der Waals surface area contributed by atoms with Crippen LogP contribution >= 0.6 is 11.6 Å². The van der Waals surface area contributed by atoms with Gasteiger partial charge in [-0.1, -0.05) is 11.6 Å². The van der Waals surface area contributed by atoms with Gasteiger partial charge in [-0.3, -0.25) is 14.5 Å². The van der Waals surface area contributed by atoms with Gasteiger partial charge in [0.15, 0.2) is 0 Å². The highest BCUT2D eigenvalue weighted by molar-refractivity contribution is 6.30. The predicted molar refractivity (Wildman–Crippen MR) is 124 cm³/mol. The molecule has 4 saturated carbocycles. The molecule has 5 aliphatic rings. The predicted octanol–water partition coefficient (Wildman–Crippen LogP) is 3.10. The second-order valence-electron chi connectivity index (χ2n) is 10.4. The Morgan fingerprint density at radius 2 is 1.62 bits per heavy atom. The van der Waals surface area contributed by atoms with Gasteiger partial charge in [0.2, 0.25) is 5.91 Å². The molecule has 2 amide bonds. The number of nitrogens with zero attached hydrogens (tertiary/aromatic N) is 1. The van der Waals surface area contributed by atoms with E-state index in [9.17, 15) is 9.59 Å². The van der Waals surface area contributed by atoms with E-state index in [-0.39, 0.29) is 17.2 Å². The van der Waals surface area contributed by atoms with E-state index in [1.807, 2.05) is 0 Å². The number of carbonyl (C=O) groups excluding carboxylic acids is 2. The molecule has 32 heavy (non-hydrogen) atoms. The smallest absolute Gasteiger partial charge is 0.251 e. The van der Waals surface area contributed by atoms with Crippen LogP contribution < -0.4 is 10.6 Å². The number of morpholine rings is 1. The van der Waals surface area contributed by atoms with E-state index in [2.05, 4.69) is 15.5 Å². The lowest BCUT2D eigenvalue weighted by Gasteiger charge is -2.59. The van der Waals surface area contributed by atoms with Crippen LogP contribution in [0.2, 0.25) is 5.02 Å². The van der Waals surface area contributed by atoms with Crippen molar-refractivity contribution in [3.8, 4) is 0 Å². The first-order valence-electron chi connectivity index (χ1n) is 12.1. The van der Waals surface area contributed by atoms with E-state index in [1.165, 1.54) is 19.3 Å². The first kappa shape index (κ1) is 22.2. The van der Waals surface area contributed by atoms with Gasteiger partial charge in [-0.05, 0) is 80.5 Å². The lowest BCUT2D eigenvalue weighted by molar-refractivity contribution is -0.134. The third-order valence-electron chi connectivity index (χ3n) is 8.17. The van der Waals surface area contributed by atoms with Gasteiger partial charge in [0.25, 0.3) is 5.91 Å². The third kappa shape index (κ3) is 4.68. The van der Waals surface area contributed by atoms with Crippen molar-refractivity contribution < 1.29 is 14.3 Å². The molecule has 6 nitrogen and oxygen atoms in total. The average Bonchev–Trinajstić information content (AvgIpc) is 2.77. The Kier molecular flexibility index (Phi) is 6.46. The molecule has 1 saturated heterocycles. The van der Waals surface area contributed by atoms with Gasteiger partial charge in [-0.15, -0.1) is 0 Å². The van der Waals surface area contributed by atoms with Crippen LogP contribution in [0.25, 0.3) is 0 Å². The number of halogens is 1. The lowest BCUT2D eigenvalue weighted by atomic mass is 9.47. The van der Waals surface area contributed by atoms with E-state index >= 15 is 0 Å². The molecule has 0 aromatic heterocycles. The first-order chi connectivity index (χ1) is 15.5. The zero-order chi connectivity index (χ0) is 22.1. The standard InChI is InChI=1S/C25H34ClN3O3/c26-21-3-1-20(2-4-21)23(30)28-22(24(31)27-5-6-29-7-9-32-10-8-29)25-14-17-11-18(15-25)13-19(12-17)16-25/h1-4,17-19,22H,5-16H2,(H,27,31)(H,28,30). The van der Waals surface area contributed by atoms with E-state index in [0.717, 1.165) is 52.1 Å². The quantitative estimate of drug-likeness (QED) is 0.657. The maximum Gasteiger partial charge on any atom is 0.251 e. The van der Waals surface area contributed by atoms with Crippen molar-refractivity contribution in [1.82, 2.24) is 15.5 Å². The van der Waals surface area contributed by atoms with Crippen molar-refractivity contribution in [3.63, 3.8) is 0 Å². The molecule has 2 N–H and O–H groups in total. The van der Waals surface area contributed by atoms with E-state index < -0.39 is 6.04 Å². The van der Waals surface area contributed by atoms with Crippen LogP contribution in [0.15, 0.2) is 24.3 Å². The van der Waals surface area contributed by atoms with Crippen LogP contribution in [0.1, 0.15) is 48.9 Å². The summed E-state index contributed by atoms with van der Waals surface area (Å²) in [5, 5.41) is 6.93. The van der Waals surface area contributed by atoms with Crippen molar-refractivity contribution in [2.75, 3.05) is 39.4 Å². The molecule has 1 aliphatic heterocycles. The minimum atomic E-state index is -0.483. The molecule has 1 aromatic carbocycles. The number of benzene rings is 1. The maximum atomic E-state index is 13.5. The van der Waals surface area contributed by atoms with Crippen LogP contribution in [-0.2, 0) is 9.53 Å². The summed E-state index contributed by atoms with van der Waals surface area (Å²) in [5.41, 5.74) is 0.435. The molecule has 5 fully saturated rings. The number of rotatable bonds is 7. The second kappa shape index (κ2) is 9.32. The molecular formula is C25H34ClN3O3. The minimum Gasteiger partial charge on any atom is -0.379 e. The summed E-state index contributed by atoms with van der Waals surface area (Å²) in [5.74, 6) is 1.90. The van der Waals surface area contributed by atoms with Crippen molar-refractivity contribution in [2.45, 2.75) is 44.6 Å². The van der Waals surface area contributed by atoms with Gasteiger partial charge in [-0.25, -0.2) is 0 Å². The number of hydrogen-bond acceptors (Lipinski definition) is 4. The second-order valence-corrected chi connectivity index (χ2v) is 10.9. The highest BCUT2D eigenvalue weighted by Gasteiger charge is 2.56. The summed E-state index contributed by atoms with van der Waals surface area (Å²) in [6.07, 6.45) is 7.07. The Morgan fingerprint density at radius 1 is 1.03 bits per heavy atom. The SMILES string of the molecule is O=C(NC(C(=O)NCCN1CCOCC1)C12CC3CC(CC(C3)C1)C2)c1ccc(Cl)cc1. The van der Waals surface area contributed by atoms with Crippen molar-refractivity contribution in [2.24, 2.45) is 23.2 Å². The van der Waals surface area contributed by atoms with Crippen LogP contribution in [-0.4, -0.2) is 62.1 Å². The summed E-state index contributed by atoms with van der Waals surface area (Å²) in [6.45, 7) is 4.72. The molecule has 1 atom stereocenters. The summed E-state index contributed by atoms with van der Waals surface area (Å²) in [4.78, 5) is 29.0. The van der Waals surface area contributed by atoms with Gasteiger partial charge in [0.05, 0.1) is 13.2 Å². The molecule has 4 aliphatic carbocycles. The molecule has 7 heteroatoms. The minimum absolute atomic E-state index is 0.0254. The lowest BCUT2D eigenvalue weighted by Crippen LogP contribution is -2.62. The van der Waals surface area contributed by atoms with Crippen LogP contribution in [0, 0.1) is 23.2 Å². The fourth-order valence-corrected chi connectivity index (χ4v) is 7.23. The van der Waals surface area contributed by atoms with Crippen LogP contribution in [0.3, 0.4) is 0 Å². The first-order valence-corrected chi connectivity index (χ1v) is 12.5. The average molecular weight is 460 g/mol. The van der Waals surface area contributed by atoms with Crippen molar-refractivity contribution in [3.05, 3.63) is 34.9 Å². The van der Waals surface area contributed by atoms with Gasteiger partial charge in [0, 0.05) is 42.2 Å². The van der Waals surface area contributed by atoms with Gasteiger partial charge in [-0.2, -0.15) is 0 Å². The molecule has 1 aromatic rings. The number of nitrogens with one attached hydrogen (secondary N) is 2. The van der Waals surface area contributed by atoms with E-state index in [1.54, 1.807) is 24.3 Å². The summed E-state index contributed by atoms with van der Waals surface area (Å²) >= 11 is 6.00. The van der Waals surface area contributed by atoms with Crippen LogP contribution in [0.4, 0.5) is 0 Å². The van der Waals surface area contributed by atoms with Crippen molar-refractivity contribution >= 4 is 23.4 Å². The third-order valence-corrected chi connectivity index (χ3v) is 8.42. The molecule has 1 unspecified atom stereocenters. The molecule has 1 heterocycles. The highest BCUT2D eigenvalue weighted by Crippen LogP contribution is 2.61. The Bertz CT molecular complexity index is 802. The van der Waals surface area contributed by atoms with Gasteiger partial charge in [0.1, 0.15) is 6.04 Å². The molecule has 4 bridgehead atoms. The van der Waals surface area contributed by atoms with Gasteiger partial charge >= 0.3 is 0 Å². The highest BCUT2D eigenvalue weighted by atomic mass is 35.5. The summed E-state index contributed by atoms with van der Waals surface area (Å²) in [7, 11) is 0.